The fourth-order valence-corrected chi connectivity index (χ4v) is 2.84. The van der Waals surface area contributed by atoms with Gasteiger partial charge in [-0.2, -0.15) is 0 Å². The van der Waals surface area contributed by atoms with E-state index in [4.69, 9.17) is 4.74 Å². The molecular weight excluding hydrogens is 359 g/mol. The van der Waals surface area contributed by atoms with E-state index in [1.807, 2.05) is 24.3 Å². The van der Waals surface area contributed by atoms with Crippen molar-refractivity contribution in [3.63, 3.8) is 0 Å². The minimum absolute atomic E-state index is 0.0537. The zero-order valence-electron chi connectivity index (χ0n) is 16.4. The number of benzene rings is 2. The van der Waals surface area contributed by atoms with E-state index in [1.165, 1.54) is 19.1 Å². The van der Waals surface area contributed by atoms with Crippen molar-refractivity contribution in [2.75, 3.05) is 26.7 Å². The molecule has 0 fully saturated rings. The van der Waals surface area contributed by atoms with Crippen molar-refractivity contribution in [1.82, 2.24) is 10.2 Å². The van der Waals surface area contributed by atoms with Crippen LogP contribution in [0.2, 0.25) is 0 Å². The number of ether oxygens (including phenoxy) is 1. The summed E-state index contributed by atoms with van der Waals surface area (Å²) in [5.74, 6) is 0.357. The Morgan fingerprint density at radius 3 is 2.46 bits per heavy atom. The molecule has 0 aliphatic rings. The fraction of sp³-hybridized carbons (Fsp3) is 0.364. The molecular formula is C22H27FN2O3. The predicted molar refractivity (Wildman–Crippen MR) is 107 cm³/mol. The molecule has 28 heavy (non-hydrogen) atoms. The zero-order valence-corrected chi connectivity index (χ0v) is 16.4. The van der Waals surface area contributed by atoms with Crippen molar-refractivity contribution in [2.24, 2.45) is 0 Å². The summed E-state index contributed by atoms with van der Waals surface area (Å²) in [6.45, 7) is 2.92. The van der Waals surface area contributed by atoms with Crippen LogP contribution in [0.5, 0.6) is 5.75 Å². The summed E-state index contributed by atoms with van der Waals surface area (Å²) in [6.07, 6.45) is 1.59. The van der Waals surface area contributed by atoms with Crippen LogP contribution in [0.25, 0.3) is 0 Å². The number of nitrogens with one attached hydrogen (secondary N) is 1. The molecule has 0 saturated heterocycles. The molecule has 0 aromatic heterocycles. The van der Waals surface area contributed by atoms with Crippen molar-refractivity contribution in [3.05, 3.63) is 65.5 Å². The maximum absolute atomic E-state index is 12.9. The van der Waals surface area contributed by atoms with Gasteiger partial charge in [0, 0.05) is 33.0 Å². The number of rotatable bonds is 10. The third kappa shape index (κ3) is 7.39. The largest absolute Gasteiger partial charge is 0.497 e. The maximum atomic E-state index is 12.9. The Bertz CT molecular complexity index is 778. The Hall–Kier alpha value is -2.89. The van der Waals surface area contributed by atoms with Crippen LogP contribution in [0.1, 0.15) is 24.5 Å². The fourth-order valence-electron chi connectivity index (χ4n) is 2.84. The SMILES string of the molecule is COc1cccc(CCN(CCC(=O)NCCc2ccc(F)cc2)C(C)=O)c1. The van der Waals surface area contributed by atoms with Gasteiger partial charge in [0.05, 0.1) is 7.11 Å². The normalized spacial score (nSPS) is 10.4. The molecule has 0 spiro atoms. The lowest BCUT2D eigenvalue weighted by Crippen LogP contribution is -2.35. The van der Waals surface area contributed by atoms with Crippen LogP contribution < -0.4 is 10.1 Å². The second-order valence-corrected chi connectivity index (χ2v) is 6.58. The van der Waals surface area contributed by atoms with Gasteiger partial charge in [0.25, 0.3) is 0 Å². The maximum Gasteiger partial charge on any atom is 0.221 e. The topological polar surface area (TPSA) is 58.6 Å². The molecule has 0 radical (unpaired) electrons. The van der Waals surface area contributed by atoms with Crippen LogP contribution in [0.4, 0.5) is 4.39 Å². The zero-order chi connectivity index (χ0) is 20.4. The lowest BCUT2D eigenvalue weighted by molar-refractivity contribution is -0.129. The monoisotopic (exact) mass is 386 g/mol. The first-order valence-electron chi connectivity index (χ1n) is 9.37. The quantitative estimate of drug-likeness (QED) is 0.683. The van der Waals surface area contributed by atoms with E-state index < -0.39 is 0 Å². The van der Waals surface area contributed by atoms with Crippen molar-refractivity contribution in [1.29, 1.82) is 0 Å². The van der Waals surface area contributed by atoms with Crippen molar-refractivity contribution < 1.29 is 18.7 Å². The number of halogens is 1. The highest BCUT2D eigenvalue weighted by Gasteiger charge is 2.11. The Balaban J connectivity index is 1.73. The number of nitrogens with zero attached hydrogens (tertiary/aromatic N) is 1. The van der Waals surface area contributed by atoms with E-state index in [9.17, 15) is 14.0 Å². The average molecular weight is 386 g/mol. The summed E-state index contributed by atoms with van der Waals surface area (Å²) in [4.78, 5) is 25.6. The Kier molecular flexibility index (Phi) is 8.46. The molecule has 0 heterocycles. The van der Waals surface area contributed by atoms with Crippen LogP contribution in [-0.4, -0.2) is 43.5 Å². The summed E-state index contributed by atoms with van der Waals surface area (Å²) in [6, 6.07) is 14.0. The molecule has 0 aliphatic carbocycles. The summed E-state index contributed by atoms with van der Waals surface area (Å²) in [5, 5.41) is 2.84. The van der Waals surface area contributed by atoms with E-state index in [-0.39, 0.29) is 24.1 Å². The second-order valence-electron chi connectivity index (χ2n) is 6.58. The molecule has 1 N–H and O–H groups in total. The van der Waals surface area contributed by atoms with Crippen LogP contribution in [0, 0.1) is 5.82 Å². The van der Waals surface area contributed by atoms with Crippen LogP contribution in [-0.2, 0) is 22.4 Å². The van der Waals surface area contributed by atoms with Gasteiger partial charge in [0.1, 0.15) is 11.6 Å². The van der Waals surface area contributed by atoms with Crippen LogP contribution >= 0.6 is 0 Å². The highest BCUT2D eigenvalue weighted by atomic mass is 19.1. The molecule has 2 amide bonds. The average Bonchev–Trinajstić information content (AvgIpc) is 2.69. The van der Waals surface area contributed by atoms with Gasteiger partial charge in [-0.05, 0) is 48.2 Å². The van der Waals surface area contributed by atoms with Gasteiger partial charge in [0.2, 0.25) is 11.8 Å². The lowest BCUT2D eigenvalue weighted by Gasteiger charge is -2.21. The first-order chi connectivity index (χ1) is 13.5. The highest BCUT2D eigenvalue weighted by Crippen LogP contribution is 2.13. The lowest BCUT2D eigenvalue weighted by atomic mass is 10.1. The number of carbonyl (C=O) groups excluding carboxylic acids is 2. The van der Waals surface area contributed by atoms with E-state index in [0.29, 0.717) is 32.5 Å². The standard InChI is InChI=1S/C22H27FN2O3/c1-17(26)25(14-11-19-4-3-5-21(16-19)28-2)15-12-22(27)24-13-10-18-6-8-20(23)9-7-18/h3-9,16H,10-15H2,1-2H3,(H,24,27). The van der Waals surface area contributed by atoms with Crippen molar-refractivity contribution in [2.45, 2.75) is 26.2 Å². The Morgan fingerprint density at radius 2 is 1.79 bits per heavy atom. The highest BCUT2D eigenvalue weighted by molar-refractivity contribution is 5.78. The van der Waals surface area contributed by atoms with Crippen LogP contribution in [0.3, 0.4) is 0 Å². The molecule has 2 rings (SSSR count). The third-order valence-corrected chi connectivity index (χ3v) is 4.51. The molecule has 2 aromatic rings. The summed E-state index contributed by atoms with van der Waals surface area (Å²) in [5.41, 5.74) is 2.04. The van der Waals surface area contributed by atoms with Gasteiger partial charge >= 0.3 is 0 Å². The van der Waals surface area contributed by atoms with Crippen molar-refractivity contribution >= 4 is 11.8 Å². The first kappa shape index (κ1) is 21.4. The molecule has 0 unspecified atom stereocenters. The Labute approximate surface area is 165 Å². The van der Waals surface area contributed by atoms with Gasteiger partial charge in [0.15, 0.2) is 0 Å². The summed E-state index contributed by atoms with van der Waals surface area (Å²) < 4.78 is 18.1. The first-order valence-corrected chi connectivity index (χ1v) is 9.37. The number of methoxy groups -OCH3 is 1. The number of hydrogen-bond acceptors (Lipinski definition) is 3. The molecule has 2 aromatic carbocycles. The minimum atomic E-state index is -0.272. The molecule has 150 valence electrons. The van der Waals surface area contributed by atoms with Gasteiger partial charge in [-0.25, -0.2) is 4.39 Å². The smallest absolute Gasteiger partial charge is 0.221 e. The predicted octanol–water partition coefficient (Wildman–Crippen LogP) is 2.97. The van der Waals surface area contributed by atoms with E-state index >= 15 is 0 Å². The minimum Gasteiger partial charge on any atom is -0.497 e. The molecule has 0 aliphatic heterocycles. The third-order valence-electron chi connectivity index (χ3n) is 4.51. The number of amides is 2. The second kappa shape index (κ2) is 11.1. The van der Waals surface area contributed by atoms with Crippen LogP contribution in [0.15, 0.2) is 48.5 Å². The Morgan fingerprint density at radius 1 is 1.04 bits per heavy atom. The van der Waals surface area contributed by atoms with Crippen molar-refractivity contribution in [3.8, 4) is 5.75 Å². The van der Waals surface area contributed by atoms with E-state index in [1.54, 1.807) is 24.1 Å². The molecule has 0 atom stereocenters. The summed E-state index contributed by atoms with van der Waals surface area (Å²) >= 11 is 0. The van der Waals surface area contributed by atoms with Gasteiger partial charge < -0.3 is 15.0 Å². The van der Waals surface area contributed by atoms with Gasteiger partial charge in [-0.15, -0.1) is 0 Å². The molecule has 0 saturated carbocycles. The molecule has 5 nitrogen and oxygen atoms in total. The number of carbonyl (C=O) groups is 2. The van der Waals surface area contributed by atoms with E-state index in [0.717, 1.165) is 16.9 Å². The molecule has 0 bridgehead atoms. The van der Waals surface area contributed by atoms with Gasteiger partial charge in [-0.1, -0.05) is 24.3 Å². The molecule has 6 heteroatoms. The van der Waals surface area contributed by atoms with Gasteiger partial charge in [-0.3, -0.25) is 9.59 Å². The van der Waals surface area contributed by atoms with E-state index in [2.05, 4.69) is 5.32 Å². The summed E-state index contributed by atoms with van der Waals surface area (Å²) in [7, 11) is 1.62. The number of hydrogen-bond donors (Lipinski definition) is 1.